The van der Waals surface area contributed by atoms with E-state index < -0.39 is 23.0 Å². The van der Waals surface area contributed by atoms with Crippen LogP contribution in [0.15, 0.2) is 133 Å². The average Bonchev–Trinajstić information content (AvgIpc) is 3.25. The van der Waals surface area contributed by atoms with Crippen LogP contribution < -0.4 is 36.6 Å². The maximum Gasteiger partial charge on any atom is 0.530 e. The maximum atomic E-state index is 15.2. The summed E-state index contributed by atoms with van der Waals surface area (Å²) in [6, 6.07) is 41.4. The van der Waals surface area contributed by atoms with Gasteiger partial charge in [-0.3, -0.25) is 4.79 Å². The van der Waals surface area contributed by atoms with Crippen molar-refractivity contribution >= 4 is 23.0 Å². The Kier molecular flexibility index (Phi) is 15.4. The number of methoxy groups -OCH3 is 2. The minimum Gasteiger partial charge on any atom is -0.497 e. The molecule has 0 aliphatic rings. The van der Waals surface area contributed by atoms with Gasteiger partial charge < -0.3 is 36.6 Å². The monoisotopic (exact) mass is 930 g/mol. The molecule has 0 saturated carbocycles. The average molecular weight is 931 g/mol. The molecule has 0 unspecified atom stereocenters. The summed E-state index contributed by atoms with van der Waals surface area (Å²) < 4.78 is 52.0. The normalized spacial score (nSPS) is 12.1. The van der Waals surface area contributed by atoms with Crippen molar-refractivity contribution in [3.8, 4) is 46.0 Å². The summed E-state index contributed by atoms with van der Waals surface area (Å²) in [5, 5.41) is 0. The van der Waals surface area contributed by atoms with Gasteiger partial charge in [0.15, 0.2) is 0 Å². The Hall–Kier alpha value is -5.75. The fourth-order valence-corrected chi connectivity index (χ4v) is 9.31. The van der Waals surface area contributed by atoms with Gasteiger partial charge in [-0.15, -0.1) is 0 Å². The van der Waals surface area contributed by atoms with Gasteiger partial charge in [-0.1, -0.05) is 156 Å². The fourth-order valence-electron chi connectivity index (χ4n) is 7.19. The molecule has 0 saturated heterocycles. The first-order valence-corrected chi connectivity index (χ1v) is 24.2. The Morgan fingerprint density at radius 1 is 0.348 bits per heavy atom. The van der Waals surface area contributed by atoms with Crippen molar-refractivity contribution in [3.63, 3.8) is 0 Å². The summed E-state index contributed by atoms with van der Waals surface area (Å²) in [6.07, 6.45) is 0. The van der Waals surface area contributed by atoms with E-state index in [0.717, 1.165) is 22.3 Å². The minimum atomic E-state index is -2.25. The molecule has 11 heteroatoms. The maximum absolute atomic E-state index is 15.2. The summed E-state index contributed by atoms with van der Waals surface area (Å²) in [6.45, 7) is 25.5. The van der Waals surface area contributed by atoms with Crippen molar-refractivity contribution in [3.05, 3.63) is 167 Å². The van der Waals surface area contributed by atoms with Gasteiger partial charge in [-0.05, 0) is 70.2 Å². The van der Waals surface area contributed by atoms with Gasteiger partial charge >= 0.3 is 17.2 Å². The Balaban J connectivity index is 1.46. The molecule has 0 amide bonds. The molecule has 0 aliphatic heterocycles. The number of hydrogen-bond acceptors (Lipinski definition) is 9. The molecular weight excluding hydrogens is 867 g/mol. The first-order chi connectivity index (χ1) is 31.1. The molecule has 9 nitrogen and oxygen atoms in total. The first-order valence-electron chi connectivity index (χ1n) is 22.0. The predicted molar refractivity (Wildman–Crippen MR) is 268 cm³/mol. The van der Waals surface area contributed by atoms with Gasteiger partial charge in [-0.25, -0.2) is 0 Å². The van der Waals surface area contributed by atoms with Crippen molar-refractivity contribution < 1.29 is 41.4 Å². The molecule has 0 heterocycles. The van der Waals surface area contributed by atoms with Gasteiger partial charge in [0.1, 0.15) is 46.0 Å². The Labute approximate surface area is 394 Å². The van der Waals surface area contributed by atoms with Gasteiger partial charge in [0.05, 0.1) is 25.3 Å². The molecule has 0 spiro atoms. The Morgan fingerprint density at radius 3 is 0.833 bits per heavy atom. The quantitative estimate of drug-likeness (QED) is 0.0695. The third kappa shape index (κ3) is 12.4. The fraction of sp³-hybridized carbons (Fsp3) is 0.327. The highest BCUT2D eigenvalue weighted by Crippen LogP contribution is 2.51. The van der Waals surface area contributed by atoms with Crippen LogP contribution in [0.3, 0.4) is 0 Å². The summed E-state index contributed by atoms with van der Waals surface area (Å²) in [5.41, 5.74) is 3.22. The van der Waals surface area contributed by atoms with E-state index in [1.807, 2.05) is 97.1 Å². The zero-order valence-corrected chi connectivity index (χ0v) is 42.6. The summed E-state index contributed by atoms with van der Waals surface area (Å²) in [4.78, 5) is 15.2. The standard InChI is InChI=1S/C55H64O9P2/c1-52(2,3)41-23-15-19-27-45(41)59-65(60-46-28-20-16-24-42(46)53(4,5)6)63-49-35-37(57-13)31-33-39(49)51(56)40-34-32-38(58-14)36-50(40)64-66(61-47-29-21-17-25-43(47)54(7,8)9)62-48-30-22-18-26-44(48)55(10,11)12/h15-36H,1-14H3. The lowest BCUT2D eigenvalue weighted by atomic mass is 9.86. The van der Waals surface area contributed by atoms with Crippen molar-refractivity contribution in [2.45, 2.75) is 105 Å². The Bertz CT molecular complexity index is 2320. The number of rotatable bonds is 16. The molecular formula is C55H64O9P2. The zero-order chi connectivity index (χ0) is 48.0. The highest BCUT2D eigenvalue weighted by molar-refractivity contribution is 7.43. The van der Waals surface area contributed by atoms with Crippen molar-refractivity contribution in [1.29, 1.82) is 0 Å². The van der Waals surface area contributed by atoms with Crippen LogP contribution in [0, 0.1) is 0 Å². The van der Waals surface area contributed by atoms with Crippen LogP contribution in [0.1, 0.15) is 121 Å². The molecule has 6 aromatic carbocycles. The SMILES string of the molecule is COc1ccc(C(=O)c2ccc(OC)cc2OP(Oc2ccccc2C(C)(C)C)Oc2ccccc2C(C)(C)C)c(OP(Oc2ccccc2C(C)(C)C)Oc2ccccc2C(C)(C)C)c1. The molecule has 0 atom stereocenters. The zero-order valence-electron chi connectivity index (χ0n) is 40.8. The molecule has 6 rings (SSSR count). The molecule has 0 bridgehead atoms. The van der Waals surface area contributed by atoms with E-state index in [2.05, 4.69) is 83.1 Å². The number of hydrogen-bond donors (Lipinski definition) is 0. The number of ether oxygens (including phenoxy) is 2. The van der Waals surface area contributed by atoms with Gasteiger partial charge in [0.25, 0.3) is 0 Å². The number of para-hydroxylation sites is 4. The van der Waals surface area contributed by atoms with Crippen LogP contribution in [0.5, 0.6) is 46.0 Å². The molecule has 0 aliphatic carbocycles. The summed E-state index contributed by atoms with van der Waals surface area (Å²) in [5.74, 6) is 3.27. The van der Waals surface area contributed by atoms with Crippen LogP contribution in [0.4, 0.5) is 0 Å². The number of benzene rings is 6. The highest BCUT2D eigenvalue weighted by atomic mass is 31.2. The molecule has 0 radical (unpaired) electrons. The number of carbonyl (C=O) groups is 1. The highest BCUT2D eigenvalue weighted by Gasteiger charge is 2.33. The van der Waals surface area contributed by atoms with Crippen molar-refractivity contribution in [2.75, 3.05) is 14.2 Å². The van der Waals surface area contributed by atoms with E-state index in [0.29, 0.717) is 34.5 Å². The van der Waals surface area contributed by atoms with Gasteiger partial charge in [0, 0.05) is 34.4 Å². The third-order valence-corrected chi connectivity index (χ3v) is 12.8. The summed E-state index contributed by atoms with van der Waals surface area (Å²) >= 11 is 0. The van der Waals surface area contributed by atoms with E-state index >= 15 is 4.79 Å². The minimum absolute atomic E-state index is 0.182. The molecule has 0 N–H and O–H groups in total. The van der Waals surface area contributed by atoms with Crippen LogP contribution in [-0.4, -0.2) is 20.0 Å². The largest absolute Gasteiger partial charge is 0.530 e. The van der Waals surface area contributed by atoms with Crippen LogP contribution in [0.25, 0.3) is 0 Å². The number of ketones is 1. The van der Waals surface area contributed by atoms with Crippen LogP contribution >= 0.6 is 17.2 Å². The molecule has 348 valence electrons. The lowest BCUT2D eigenvalue weighted by Crippen LogP contribution is -2.16. The van der Waals surface area contributed by atoms with Crippen LogP contribution in [-0.2, 0) is 21.7 Å². The van der Waals surface area contributed by atoms with Crippen molar-refractivity contribution in [2.24, 2.45) is 0 Å². The van der Waals surface area contributed by atoms with Gasteiger partial charge in [-0.2, -0.15) is 0 Å². The lowest BCUT2D eigenvalue weighted by Gasteiger charge is -2.27. The van der Waals surface area contributed by atoms with E-state index in [4.69, 9.17) is 36.6 Å². The first kappa shape index (κ1) is 49.7. The van der Waals surface area contributed by atoms with Crippen molar-refractivity contribution in [1.82, 2.24) is 0 Å². The predicted octanol–water partition coefficient (Wildman–Crippen LogP) is 15.7. The van der Waals surface area contributed by atoms with Gasteiger partial charge in [0.2, 0.25) is 5.78 Å². The second-order valence-corrected chi connectivity index (χ2v) is 22.0. The smallest absolute Gasteiger partial charge is 0.497 e. The second-order valence-electron chi connectivity index (χ2n) is 20.0. The van der Waals surface area contributed by atoms with Crippen LogP contribution in [0.2, 0.25) is 0 Å². The second kappa shape index (κ2) is 20.4. The molecule has 0 aromatic heterocycles. The van der Waals surface area contributed by atoms with E-state index in [9.17, 15) is 0 Å². The summed E-state index contributed by atoms with van der Waals surface area (Å²) in [7, 11) is -1.39. The van der Waals surface area contributed by atoms with E-state index in [-0.39, 0.29) is 44.3 Å². The lowest BCUT2D eigenvalue weighted by molar-refractivity contribution is 0.103. The molecule has 66 heavy (non-hydrogen) atoms. The molecule has 6 aromatic rings. The third-order valence-electron chi connectivity index (χ3n) is 10.7. The van der Waals surface area contributed by atoms with E-state index in [1.165, 1.54) is 0 Å². The number of carbonyl (C=O) groups excluding carboxylic acids is 1. The topological polar surface area (TPSA) is 90.9 Å². The molecule has 0 fully saturated rings. The Morgan fingerprint density at radius 2 is 0.591 bits per heavy atom. The van der Waals surface area contributed by atoms with E-state index in [1.54, 1.807) is 50.6 Å².